The molecule has 0 radical (unpaired) electrons. The average molecular weight is 442 g/mol. The van der Waals surface area contributed by atoms with Crippen molar-refractivity contribution in [2.75, 3.05) is 5.32 Å². The molecule has 0 aliphatic heterocycles. The highest BCUT2D eigenvalue weighted by Gasteiger charge is 2.25. The summed E-state index contributed by atoms with van der Waals surface area (Å²) >= 11 is 0. The number of aromatic nitrogens is 2. The molecule has 2 aromatic heterocycles. The average Bonchev–Trinajstić information content (AvgIpc) is 2.74. The van der Waals surface area contributed by atoms with Crippen LogP contribution in [-0.2, 0) is 0 Å². The molecule has 1 aromatic carbocycles. The Morgan fingerprint density at radius 1 is 1.09 bits per heavy atom. The molecule has 9 heteroatoms. The third-order valence-corrected chi connectivity index (χ3v) is 5.60. The lowest BCUT2D eigenvalue weighted by Crippen LogP contribution is -2.27. The van der Waals surface area contributed by atoms with E-state index in [1.54, 1.807) is 6.20 Å². The fourth-order valence-electron chi connectivity index (χ4n) is 4.09. The molecule has 2 heterocycles. The number of amides is 1. The Bertz CT molecular complexity index is 1150. The van der Waals surface area contributed by atoms with Gasteiger partial charge in [0.1, 0.15) is 34.6 Å². The molecule has 1 unspecified atom stereocenters. The summed E-state index contributed by atoms with van der Waals surface area (Å²) in [5, 5.41) is 12.0. The molecule has 6 nitrogen and oxygen atoms in total. The topological polar surface area (TPSA) is 101 Å². The van der Waals surface area contributed by atoms with Crippen molar-refractivity contribution in [3.63, 3.8) is 0 Å². The van der Waals surface area contributed by atoms with Crippen molar-refractivity contribution >= 4 is 11.6 Å². The van der Waals surface area contributed by atoms with Gasteiger partial charge in [0.25, 0.3) is 5.91 Å². The molecule has 0 saturated heterocycles. The third kappa shape index (κ3) is 4.43. The Balaban J connectivity index is 1.64. The maximum atomic E-state index is 14.3. The lowest BCUT2D eigenvalue weighted by Gasteiger charge is -2.28. The molecule has 2 atom stereocenters. The summed E-state index contributed by atoms with van der Waals surface area (Å²) < 4.78 is 42.8. The van der Waals surface area contributed by atoms with Crippen LogP contribution in [0.5, 0.6) is 5.75 Å². The van der Waals surface area contributed by atoms with Gasteiger partial charge in [0.2, 0.25) is 0 Å². The zero-order chi connectivity index (χ0) is 22.8. The first kappa shape index (κ1) is 21.8. The first-order valence-corrected chi connectivity index (χ1v) is 10.2. The molecule has 1 saturated carbocycles. The standard InChI is InChI=1S/C23H21F3N4O2/c24-16-4-5-19(29-22(16)21-17(25)9-14(31)10-18(21)26)23(32)30-20-11-28-7-6-15(20)12-2-1-3-13(27)8-12/h4-7,9-13,31H,1-3,8,27H2,(H,30,32)/t12-,13?/m1/s1. The number of carbonyl (C=O) groups is 1. The van der Waals surface area contributed by atoms with Crippen LogP contribution in [0.4, 0.5) is 18.9 Å². The van der Waals surface area contributed by atoms with Gasteiger partial charge in [-0.3, -0.25) is 9.78 Å². The van der Waals surface area contributed by atoms with Crippen LogP contribution in [-0.4, -0.2) is 27.0 Å². The van der Waals surface area contributed by atoms with E-state index in [1.165, 1.54) is 6.20 Å². The maximum absolute atomic E-state index is 14.3. The van der Waals surface area contributed by atoms with Crippen molar-refractivity contribution in [2.24, 2.45) is 5.73 Å². The highest BCUT2D eigenvalue weighted by atomic mass is 19.1. The fourth-order valence-corrected chi connectivity index (χ4v) is 4.09. The van der Waals surface area contributed by atoms with Crippen LogP contribution >= 0.6 is 0 Å². The lowest BCUT2D eigenvalue weighted by molar-refractivity contribution is 0.102. The number of phenols is 1. The van der Waals surface area contributed by atoms with E-state index in [-0.39, 0.29) is 17.7 Å². The van der Waals surface area contributed by atoms with Crippen molar-refractivity contribution < 1.29 is 23.1 Å². The summed E-state index contributed by atoms with van der Waals surface area (Å²) in [5.74, 6) is -4.58. The highest BCUT2D eigenvalue weighted by molar-refractivity contribution is 6.03. The molecule has 4 N–H and O–H groups in total. The molecule has 1 aliphatic rings. The van der Waals surface area contributed by atoms with Gasteiger partial charge in [-0.25, -0.2) is 18.2 Å². The maximum Gasteiger partial charge on any atom is 0.274 e. The SMILES string of the molecule is NC1CCC[C@@H](c2ccncc2NC(=O)c2ccc(F)c(-c3c(F)cc(O)cc3F)n2)C1. The van der Waals surface area contributed by atoms with Crippen LogP contribution in [0.1, 0.15) is 47.7 Å². The Labute approximate surface area is 182 Å². The number of nitrogens with one attached hydrogen (secondary N) is 1. The number of benzene rings is 1. The second-order valence-corrected chi connectivity index (χ2v) is 7.85. The quantitative estimate of drug-likeness (QED) is 0.552. The monoisotopic (exact) mass is 442 g/mol. The Hall–Kier alpha value is -3.46. The predicted octanol–water partition coefficient (Wildman–Crippen LogP) is 4.50. The molecule has 166 valence electrons. The molecule has 1 amide bonds. The second-order valence-electron chi connectivity index (χ2n) is 7.85. The van der Waals surface area contributed by atoms with Crippen LogP contribution in [0, 0.1) is 17.5 Å². The van der Waals surface area contributed by atoms with Crippen LogP contribution in [0.3, 0.4) is 0 Å². The van der Waals surface area contributed by atoms with Crippen LogP contribution in [0.25, 0.3) is 11.3 Å². The van der Waals surface area contributed by atoms with E-state index in [9.17, 15) is 23.1 Å². The number of nitrogens with two attached hydrogens (primary N) is 1. The number of carbonyl (C=O) groups excluding carboxylic acids is 1. The normalized spacial score (nSPS) is 18.4. The van der Waals surface area contributed by atoms with Gasteiger partial charge in [-0.2, -0.15) is 0 Å². The summed E-state index contributed by atoms with van der Waals surface area (Å²) in [6.45, 7) is 0. The lowest BCUT2D eigenvalue weighted by atomic mass is 9.81. The first-order valence-electron chi connectivity index (χ1n) is 10.2. The molecule has 1 aliphatic carbocycles. The highest BCUT2D eigenvalue weighted by Crippen LogP contribution is 2.36. The van der Waals surface area contributed by atoms with E-state index in [2.05, 4.69) is 15.3 Å². The van der Waals surface area contributed by atoms with E-state index >= 15 is 0 Å². The van der Waals surface area contributed by atoms with E-state index in [1.807, 2.05) is 6.07 Å². The zero-order valence-corrected chi connectivity index (χ0v) is 17.0. The van der Waals surface area contributed by atoms with Gasteiger partial charge in [-0.1, -0.05) is 6.42 Å². The minimum Gasteiger partial charge on any atom is -0.508 e. The number of anilines is 1. The molecule has 1 fully saturated rings. The van der Waals surface area contributed by atoms with Gasteiger partial charge < -0.3 is 16.2 Å². The number of aromatic hydroxyl groups is 1. The van der Waals surface area contributed by atoms with Gasteiger partial charge in [-0.15, -0.1) is 0 Å². The Morgan fingerprint density at radius 2 is 1.84 bits per heavy atom. The molecule has 32 heavy (non-hydrogen) atoms. The summed E-state index contributed by atoms with van der Waals surface area (Å²) in [4.78, 5) is 20.8. The predicted molar refractivity (Wildman–Crippen MR) is 113 cm³/mol. The molecule has 3 aromatic rings. The summed E-state index contributed by atoms with van der Waals surface area (Å²) in [7, 11) is 0. The number of pyridine rings is 2. The third-order valence-electron chi connectivity index (χ3n) is 5.60. The van der Waals surface area contributed by atoms with Crippen LogP contribution in [0.15, 0.2) is 42.7 Å². The van der Waals surface area contributed by atoms with Crippen LogP contribution in [0.2, 0.25) is 0 Å². The number of hydrogen-bond acceptors (Lipinski definition) is 5. The second kappa shape index (κ2) is 8.96. The summed E-state index contributed by atoms with van der Waals surface area (Å²) in [6, 6.07) is 5.22. The minimum atomic E-state index is -1.20. The number of hydrogen-bond donors (Lipinski definition) is 3. The van der Waals surface area contributed by atoms with Gasteiger partial charge in [0, 0.05) is 24.4 Å². The number of halogens is 3. The minimum absolute atomic E-state index is 0.0851. The first-order chi connectivity index (χ1) is 15.3. The molecule has 4 rings (SSSR count). The van der Waals surface area contributed by atoms with Crippen molar-refractivity contribution in [3.8, 4) is 17.0 Å². The van der Waals surface area contributed by atoms with Gasteiger partial charge >= 0.3 is 0 Å². The van der Waals surface area contributed by atoms with E-state index in [0.717, 1.165) is 43.4 Å². The summed E-state index contributed by atoms with van der Waals surface area (Å²) in [6.07, 6.45) is 6.79. The Kier molecular flexibility index (Phi) is 6.09. The van der Waals surface area contributed by atoms with Gasteiger partial charge in [0.05, 0.1) is 17.4 Å². The smallest absolute Gasteiger partial charge is 0.274 e. The van der Waals surface area contributed by atoms with E-state index in [0.29, 0.717) is 17.8 Å². The zero-order valence-electron chi connectivity index (χ0n) is 17.0. The molecular formula is C23H21F3N4O2. The van der Waals surface area contributed by atoms with E-state index < -0.39 is 40.4 Å². The number of nitrogens with zero attached hydrogens (tertiary/aromatic N) is 2. The number of phenolic OH excluding ortho intramolecular Hbond substituents is 1. The largest absolute Gasteiger partial charge is 0.508 e. The van der Waals surface area contributed by atoms with Gasteiger partial charge in [0.15, 0.2) is 0 Å². The van der Waals surface area contributed by atoms with Crippen molar-refractivity contribution in [1.29, 1.82) is 0 Å². The Morgan fingerprint density at radius 3 is 2.56 bits per heavy atom. The fraction of sp³-hybridized carbons (Fsp3) is 0.261. The molecule has 0 spiro atoms. The van der Waals surface area contributed by atoms with Crippen molar-refractivity contribution in [2.45, 2.75) is 37.6 Å². The van der Waals surface area contributed by atoms with Crippen LogP contribution < -0.4 is 11.1 Å². The number of rotatable bonds is 4. The van der Waals surface area contributed by atoms with E-state index in [4.69, 9.17) is 5.73 Å². The molecule has 0 bridgehead atoms. The summed E-state index contributed by atoms with van der Waals surface area (Å²) in [5.41, 5.74) is 5.80. The van der Waals surface area contributed by atoms with Crippen molar-refractivity contribution in [1.82, 2.24) is 9.97 Å². The van der Waals surface area contributed by atoms with Crippen molar-refractivity contribution in [3.05, 3.63) is 71.4 Å². The molecular weight excluding hydrogens is 421 g/mol. The van der Waals surface area contributed by atoms with Gasteiger partial charge in [-0.05, 0) is 48.9 Å².